The molecule has 7 heteroatoms. The molecule has 3 aromatic rings. The third-order valence-corrected chi connectivity index (χ3v) is 5.09. The fourth-order valence-corrected chi connectivity index (χ4v) is 3.73. The molecule has 1 aromatic carbocycles. The van der Waals surface area contributed by atoms with Gasteiger partial charge in [0.05, 0.1) is 5.69 Å². The highest BCUT2D eigenvalue weighted by Crippen LogP contribution is 2.33. The SMILES string of the molecule is Cc1cc(-c2ccccn2)c2oc(N3CCN(C(=O)OC(C)(C)C)CC3C)nc2c1. The first-order valence-electron chi connectivity index (χ1n) is 10.3. The van der Waals surface area contributed by atoms with Crippen LogP contribution in [-0.2, 0) is 4.74 Å². The van der Waals surface area contributed by atoms with Crippen molar-refractivity contribution in [2.75, 3.05) is 24.5 Å². The zero-order valence-corrected chi connectivity index (χ0v) is 18.2. The first-order valence-corrected chi connectivity index (χ1v) is 10.3. The van der Waals surface area contributed by atoms with Crippen LogP contribution in [0.3, 0.4) is 0 Å². The third kappa shape index (κ3) is 4.10. The highest BCUT2D eigenvalue weighted by atomic mass is 16.6. The van der Waals surface area contributed by atoms with E-state index in [-0.39, 0.29) is 12.1 Å². The number of anilines is 1. The highest BCUT2D eigenvalue weighted by molar-refractivity contribution is 5.90. The van der Waals surface area contributed by atoms with E-state index in [1.807, 2.05) is 52.0 Å². The fourth-order valence-electron chi connectivity index (χ4n) is 3.73. The maximum absolute atomic E-state index is 12.4. The monoisotopic (exact) mass is 408 g/mol. The van der Waals surface area contributed by atoms with Gasteiger partial charge < -0.3 is 19.0 Å². The van der Waals surface area contributed by atoms with E-state index in [4.69, 9.17) is 14.1 Å². The van der Waals surface area contributed by atoms with E-state index in [2.05, 4.69) is 22.9 Å². The molecule has 2 aromatic heterocycles. The quantitative estimate of drug-likeness (QED) is 0.615. The number of aromatic nitrogens is 2. The van der Waals surface area contributed by atoms with Gasteiger partial charge in [0.15, 0.2) is 5.58 Å². The second-order valence-corrected chi connectivity index (χ2v) is 8.84. The Balaban J connectivity index is 1.60. The van der Waals surface area contributed by atoms with Gasteiger partial charge in [0.2, 0.25) is 0 Å². The Kier molecular flexibility index (Phi) is 5.13. The van der Waals surface area contributed by atoms with Crippen LogP contribution in [0.25, 0.3) is 22.4 Å². The summed E-state index contributed by atoms with van der Waals surface area (Å²) in [6.45, 7) is 11.5. The van der Waals surface area contributed by atoms with Crippen molar-refractivity contribution in [3.8, 4) is 11.3 Å². The molecule has 0 saturated carbocycles. The predicted octanol–water partition coefficient (Wildman–Crippen LogP) is 4.64. The summed E-state index contributed by atoms with van der Waals surface area (Å²) < 4.78 is 11.7. The van der Waals surface area contributed by atoms with Crippen LogP contribution in [0, 0.1) is 6.92 Å². The summed E-state index contributed by atoms with van der Waals surface area (Å²) in [6.07, 6.45) is 1.50. The minimum atomic E-state index is -0.502. The lowest BCUT2D eigenvalue weighted by Crippen LogP contribution is -2.54. The van der Waals surface area contributed by atoms with Gasteiger partial charge in [-0.2, -0.15) is 4.98 Å². The van der Waals surface area contributed by atoms with E-state index in [0.717, 1.165) is 27.9 Å². The van der Waals surface area contributed by atoms with Crippen LogP contribution in [0.5, 0.6) is 0 Å². The normalized spacial score (nSPS) is 17.4. The van der Waals surface area contributed by atoms with Gasteiger partial charge in [-0.05, 0) is 64.4 Å². The van der Waals surface area contributed by atoms with Crippen molar-refractivity contribution >= 4 is 23.2 Å². The Hall–Kier alpha value is -3.09. The van der Waals surface area contributed by atoms with Gasteiger partial charge in [0.25, 0.3) is 6.01 Å². The number of pyridine rings is 1. The van der Waals surface area contributed by atoms with E-state index in [1.54, 1.807) is 11.1 Å². The molecule has 0 bridgehead atoms. The van der Waals surface area contributed by atoms with Crippen LogP contribution in [0.15, 0.2) is 40.9 Å². The van der Waals surface area contributed by atoms with E-state index < -0.39 is 5.60 Å². The lowest BCUT2D eigenvalue weighted by Gasteiger charge is -2.39. The number of hydrogen-bond donors (Lipinski definition) is 0. The second-order valence-electron chi connectivity index (χ2n) is 8.84. The molecule has 7 nitrogen and oxygen atoms in total. The minimum Gasteiger partial charge on any atom is -0.444 e. The molecule has 0 radical (unpaired) electrons. The van der Waals surface area contributed by atoms with Gasteiger partial charge in [0.1, 0.15) is 11.1 Å². The topological polar surface area (TPSA) is 71.7 Å². The fraction of sp³-hybridized carbons (Fsp3) is 0.435. The van der Waals surface area contributed by atoms with E-state index in [0.29, 0.717) is 25.6 Å². The second kappa shape index (κ2) is 7.63. The van der Waals surface area contributed by atoms with Crippen molar-refractivity contribution in [2.24, 2.45) is 0 Å². The van der Waals surface area contributed by atoms with Gasteiger partial charge in [-0.15, -0.1) is 0 Å². The average molecular weight is 409 g/mol. The zero-order chi connectivity index (χ0) is 21.5. The molecule has 4 rings (SSSR count). The van der Waals surface area contributed by atoms with E-state index in [1.165, 1.54) is 0 Å². The summed E-state index contributed by atoms with van der Waals surface area (Å²) in [7, 11) is 0. The molecule has 0 N–H and O–H groups in total. The van der Waals surface area contributed by atoms with Crippen LogP contribution < -0.4 is 4.90 Å². The molecule has 1 atom stereocenters. The molecular formula is C23H28N4O3. The largest absolute Gasteiger partial charge is 0.444 e. The Bertz CT molecular complexity index is 1060. The third-order valence-electron chi connectivity index (χ3n) is 5.09. The van der Waals surface area contributed by atoms with Crippen molar-refractivity contribution in [3.63, 3.8) is 0 Å². The summed E-state index contributed by atoms with van der Waals surface area (Å²) in [5.41, 5.74) is 3.94. The molecule has 158 valence electrons. The molecule has 1 aliphatic heterocycles. The van der Waals surface area contributed by atoms with Crippen molar-refractivity contribution in [1.29, 1.82) is 0 Å². The summed E-state index contributed by atoms with van der Waals surface area (Å²) in [5.74, 6) is 0. The minimum absolute atomic E-state index is 0.0544. The molecule has 0 spiro atoms. The van der Waals surface area contributed by atoms with Crippen molar-refractivity contribution in [3.05, 3.63) is 42.1 Å². The van der Waals surface area contributed by atoms with Crippen molar-refractivity contribution in [2.45, 2.75) is 46.3 Å². The lowest BCUT2D eigenvalue weighted by atomic mass is 10.1. The molecule has 1 saturated heterocycles. The predicted molar refractivity (Wildman–Crippen MR) is 117 cm³/mol. The summed E-state index contributed by atoms with van der Waals surface area (Å²) in [4.78, 5) is 25.5. The number of carbonyl (C=O) groups is 1. The van der Waals surface area contributed by atoms with Gasteiger partial charge in [-0.25, -0.2) is 4.79 Å². The number of oxazole rings is 1. The number of fused-ring (bicyclic) bond motifs is 1. The number of hydrogen-bond acceptors (Lipinski definition) is 6. The van der Waals surface area contributed by atoms with Crippen LogP contribution in [-0.4, -0.2) is 52.2 Å². The summed E-state index contributed by atoms with van der Waals surface area (Å²) in [6, 6.07) is 10.6. The number of carbonyl (C=O) groups excluding carboxylic acids is 1. The summed E-state index contributed by atoms with van der Waals surface area (Å²) >= 11 is 0. The smallest absolute Gasteiger partial charge is 0.410 e. The number of benzene rings is 1. The number of amides is 1. The Labute approximate surface area is 176 Å². The van der Waals surface area contributed by atoms with Gasteiger partial charge in [0, 0.05) is 37.4 Å². The van der Waals surface area contributed by atoms with E-state index in [9.17, 15) is 4.79 Å². The number of nitrogens with zero attached hydrogens (tertiary/aromatic N) is 4. The molecular weight excluding hydrogens is 380 g/mol. The molecule has 0 aliphatic carbocycles. The number of aryl methyl sites for hydroxylation is 1. The molecule has 1 unspecified atom stereocenters. The first-order chi connectivity index (χ1) is 14.2. The van der Waals surface area contributed by atoms with Crippen LogP contribution in [0.2, 0.25) is 0 Å². The molecule has 1 amide bonds. The van der Waals surface area contributed by atoms with Gasteiger partial charge >= 0.3 is 6.09 Å². The van der Waals surface area contributed by atoms with Crippen molar-refractivity contribution < 1.29 is 13.9 Å². The molecule has 1 fully saturated rings. The zero-order valence-electron chi connectivity index (χ0n) is 18.2. The molecule has 30 heavy (non-hydrogen) atoms. The van der Waals surface area contributed by atoms with Crippen LogP contribution >= 0.6 is 0 Å². The first kappa shape index (κ1) is 20.2. The Morgan fingerprint density at radius 1 is 1.23 bits per heavy atom. The average Bonchev–Trinajstić information content (AvgIpc) is 3.10. The Morgan fingerprint density at radius 2 is 2.03 bits per heavy atom. The standard InChI is InChI=1S/C23H28N4O3/c1-15-12-17(18-8-6-7-9-24-18)20-19(13-15)25-21(29-20)27-11-10-26(14-16(27)2)22(28)30-23(3,4)5/h6-9,12-13,16H,10-11,14H2,1-5H3. The summed E-state index contributed by atoms with van der Waals surface area (Å²) in [5, 5.41) is 0. The maximum Gasteiger partial charge on any atom is 0.410 e. The number of rotatable bonds is 2. The number of piperazine rings is 1. The van der Waals surface area contributed by atoms with Crippen LogP contribution in [0.4, 0.5) is 10.8 Å². The van der Waals surface area contributed by atoms with Crippen molar-refractivity contribution in [1.82, 2.24) is 14.9 Å². The molecule has 1 aliphatic rings. The van der Waals surface area contributed by atoms with Crippen LogP contribution in [0.1, 0.15) is 33.3 Å². The Morgan fingerprint density at radius 3 is 2.70 bits per heavy atom. The molecule has 3 heterocycles. The lowest BCUT2D eigenvalue weighted by molar-refractivity contribution is 0.0216. The van der Waals surface area contributed by atoms with E-state index >= 15 is 0 Å². The van der Waals surface area contributed by atoms with Gasteiger partial charge in [-0.1, -0.05) is 6.07 Å². The van der Waals surface area contributed by atoms with Gasteiger partial charge in [-0.3, -0.25) is 4.98 Å². The highest BCUT2D eigenvalue weighted by Gasteiger charge is 2.32. The maximum atomic E-state index is 12.4. The number of ether oxygens (including phenoxy) is 1.